The molecule has 3 aliphatic rings. The number of benzene rings is 2. The average Bonchev–Trinajstić information content (AvgIpc) is 2.90. The number of hydrogen-bond acceptors (Lipinski definition) is 7. The van der Waals surface area contributed by atoms with Gasteiger partial charge in [-0.2, -0.15) is 0 Å². The minimum Gasteiger partial charge on any atom is -0.490 e. The third-order valence-corrected chi connectivity index (χ3v) is 6.99. The fraction of sp³-hybridized carbons (Fsp3) is 0.414. The first-order valence-corrected chi connectivity index (χ1v) is 13.2. The second-order valence-corrected chi connectivity index (χ2v) is 10.1. The van der Waals surface area contributed by atoms with E-state index in [-0.39, 0.29) is 17.9 Å². The van der Waals surface area contributed by atoms with Crippen molar-refractivity contribution in [3.63, 3.8) is 0 Å². The highest BCUT2D eigenvalue weighted by Gasteiger charge is 2.18. The first kappa shape index (κ1) is 25.0. The predicted molar refractivity (Wildman–Crippen MR) is 145 cm³/mol. The third kappa shape index (κ3) is 6.38. The van der Waals surface area contributed by atoms with E-state index in [9.17, 15) is 4.79 Å². The van der Waals surface area contributed by atoms with Crippen LogP contribution in [0.1, 0.15) is 61.4 Å². The van der Waals surface area contributed by atoms with Crippen molar-refractivity contribution in [2.24, 2.45) is 5.92 Å². The fourth-order valence-corrected chi connectivity index (χ4v) is 4.87. The van der Waals surface area contributed by atoms with Gasteiger partial charge in [0.2, 0.25) is 5.95 Å². The van der Waals surface area contributed by atoms with Gasteiger partial charge in [-0.05, 0) is 80.5 Å². The van der Waals surface area contributed by atoms with Crippen LogP contribution < -0.4 is 21.1 Å². The summed E-state index contributed by atoms with van der Waals surface area (Å²) in [5, 5.41) is 6.31. The first-order valence-electron chi connectivity index (χ1n) is 13.2. The minimum atomic E-state index is -0.144. The maximum atomic E-state index is 12.7. The van der Waals surface area contributed by atoms with Crippen LogP contribution in [0.5, 0.6) is 5.75 Å². The van der Waals surface area contributed by atoms with E-state index in [0.29, 0.717) is 42.7 Å². The van der Waals surface area contributed by atoms with Crippen molar-refractivity contribution in [1.82, 2.24) is 15.3 Å². The SMILES string of the molecule is CC1CCNC(=O)c2ccc(c(N)c2)-c2ccnc(n2)Nc2ccc(OC3CCCCC3)c(c2)COC1. The Balaban J connectivity index is 1.45. The van der Waals surface area contributed by atoms with Crippen LogP contribution in [0, 0.1) is 5.92 Å². The Hall–Kier alpha value is -3.65. The van der Waals surface area contributed by atoms with Crippen LogP contribution >= 0.6 is 0 Å². The van der Waals surface area contributed by atoms with Crippen LogP contribution in [0.2, 0.25) is 0 Å². The Morgan fingerprint density at radius 1 is 1.05 bits per heavy atom. The monoisotopic (exact) mass is 501 g/mol. The van der Waals surface area contributed by atoms with Crippen LogP contribution in [0.4, 0.5) is 17.3 Å². The molecule has 4 N–H and O–H groups in total. The van der Waals surface area contributed by atoms with Gasteiger partial charge in [0.25, 0.3) is 5.91 Å². The summed E-state index contributed by atoms with van der Waals surface area (Å²) in [6.07, 6.45) is 8.65. The number of nitrogen functional groups attached to an aromatic ring is 1. The molecule has 6 bridgehead atoms. The molecule has 2 aromatic carbocycles. The molecule has 0 saturated heterocycles. The van der Waals surface area contributed by atoms with Crippen LogP contribution in [0.3, 0.4) is 0 Å². The number of nitrogens with two attached hydrogens (primary N) is 1. The van der Waals surface area contributed by atoms with Crippen molar-refractivity contribution in [1.29, 1.82) is 0 Å². The zero-order valence-electron chi connectivity index (χ0n) is 21.3. The number of rotatable bonds is 2. The lowest BCUT2D eigenvalue weighted by atomic mass is 9.97. The van der Waals surface area contributed by atoms with Gasteiger partial charge in [-0.15, -0.1) is 0 Å². The molecule has 194 valence electrons. The first-order chi connectivity index (χ1) is 18.0. The van der Waals surface area contributed by atoms with Gasteiger partial charge in [-0.3, -0.25) is 4.79 Å². The molecule has 3 heterocycles. The molecule has 6 rings (SSSR count). The van der Waals surface area contributed by atoms with Gasteiger partial charge in [0, 0.05) is 47.4 Å². The number of nitrogens with zero attached hydrogens (tertiary/aromatic N) is 2. The molecule has 1 aromatic heterocycles. The van der Waals surface area contributed by atoms with Crippen molar-refractivity contribution in [2.45, 2.75) is 58.2 Å². The Labute approximate surface area is 218 Å². The Kier molecular flexibility index (Phi) is 7.84. The molecule has 37 heavy (non-hydrogen) atoms. The largest absolute Gasteiger partial charge is 0.490 e. The molecule has 1 unspecified atom stereocenters. The van der Waals surface area contributed by atoms with Gasteiger partial charge in [0.15, 0.2) is 0 Å². The molecule has 8 nitrogen and oxygen atoms in total. The molecule has 1 fully saturated rings. The quantitative estimate of drug-likeness (QED) is 0.399. The molecule has 1 atom stereocenters. The van der Waals surface area contributed by atoms with Crippen molar-refractivity contribution in [3.05, 3.63) is 59.8 Å². The molecule has 2 aliphatic heterocycles. The maximum absolute atomic E-state index is 12.7. The lowest BCUT2D eigenvalue weighted by Gasteiger charge is -2.25. The summed E-state index contributed by atoms with van der Waals surface area (Å²) in [6.45, 7) is 3.72. The number of aromatic nitrogens is 2. The molecule has 1 amide bonds. The van der Waals surface area contributed by atoms with E-state index >= 15 is 0 Å². The van der Waals surface area contributed by atoms with Crippen molar-refractivity contribution in [3.8, 4) is 17.0 Å². The van der Waals surface area contributed by atoms with Crippen molar-refractivity contribution in [2.75, 3.05) is 24.2 Å². The predicted octanol–water partition coefficient (Wildman–Crippen LogP) is 5.47. The van der Waals surface area contributed by atoms with Crippen molar-refractivity contribution < 1.29 is 14.3 Å². The van der Waals surface area contributed by atoms with Crippen LogP contribution in [-0.4, -0.2) is 35.1 Å². The number of anilines is 3. The van der Waals surface area contributed by atoms with Crippen LogP contribution in [0.25, 0.3) is 11.3 Å². The number of nitrogens with one attached hydrogen (secondary N) is 2. The zero-order chi connectivity index (χ0) is 25.6. The highest BCUT2D eigenvalue weighted by Crippen LogP contribution is 2.31. The van der Waals surface area contributed by atoms with E-state index < -0.39 is 0 Å². The maximum Gasteiger partial charge on any atom is 0.251 e. The third-order valence-electron chi connectivity index (χ3n) is 6.99. The number of amides is 1. The van der Waals surface area contributed by atoms with E-state index in [2.05, 4.69) is 33.6 Å². The number of carbonyl (C=O) groups excluding carboxylic acids is 1. The van der Waals surface area contributed by atoms with Crippen molar-refractivity contribution >= 4 is 23.2 Å². The highest BCUT2D eigenvalue weighted by molar-refractivity contribution is 5.96. The van der Waals surface area contributed by atoms with Gasteiger partial charge < -0.3 is 25.8 Å². The molecule has 1 saturated carbocycles. The average molecular weight is 502 g/mol. The summed E-state index contributed by atoms with van der Waals surface area (Å²) < 4.78 is 12.5. The van der Waals surface area contributed by atoms with Gasteiger partial charge in [-0.25, -0.2) is 9.97 Å². The summed E-state index contributed by atoms with van der Waals surface area (Å²) in [7, 11) is 0. The summed E-state index contributed by atoms with van der Waals surface area (Å²) in [5.41, 5.74) is 10.6. The molecule has 0 spiro atoms. The van der Waals surface area contributed by atoms with E-state index in [1.54, 1.807) is 24.4 Å². The smallest absolute Gasteiger partial charge is 0.251 e. The second-order valence-electron chi connectivity index (χ2n) is 10.1. The lowest BCUT2D eigenvalue weighted by molar-refractivity contribution is 0.0828. The lowest BCUT2D eigenvalue weighted by Crippen LogP contribution is -2.26. The number of hydrogen-bond donors (Lipinski definition) is 3. The highest BCUT2D eigenvalue weighted by atomic mass is 16.5. The summed E-state index contributed by atoms with van der Waals surface area (Å²) >= 11 is 0. The normalized spacial score (nSPS) is 19.2. The number of ether oxygens (including phenoxy) is 2. The molecular weight excluding hydrogens is 466 g/mol. The van der Waals surface area contributed by atoms with E-state index in [1.165, 1.54) is 19.3 Å². The zero-order valence-corrected chi connectivity index (χ0v) is 21.3. The van der Waals surface area contributed by atoms with E-state index in [0.717, 1.165) is 41.8 Å². The Morgan fingerprint density at radius 2 is 1.92 bits per heavy atom. The van der Waals surface area contributed by atoms with Crippen LogP contribution in [-0.2, 0) is 11.3 Å². The topological polar surface area (TPSA) is 111 Å². The van der Waals surface area contributed by atoms with E-state index in [1.807, 2.05) is 18.2 Å². The van der Waals surface area contributed by atoms with Gasteiger partial charge in [-0.1, -0.05) is 13.3 Å². The molecule has 0 radical (unpaired) electrons. The summed E-state index contributed by atoms with van der Waals surface area (Å²) in [5.74, 6) is 1.47. The van der Waals surface area contributed by atoms with Gasteiger partial charge in [0.1, 0.15) is 5.75 Å². The van der Waals surface area contributed by atoms with Gasteiger partial charge in [0.05, 0.1) is 18.4 Å². The van der Waals surface area contributed by atoms with Gasteiger partial charge >= 0.3 is 0 Å². The summed E-state index contributed by atoms with van der Waals surface area (Å²) in [4.78, 5) is 21.7. The molecule has 1 aliphatic carbocycles. The standard InChI is InChI=1S/C29H35N5O3/c1-19-11-13-31-28(35)20-7-9-24(25(30)16-20)26-12-14-32-29(34-26)33-22-8-10-27(21(15-22)18-36-17-19)37-23-5-3-2-4-6-23/h7-10,12,14-16,19,23H,2-6,11,13,17-18,30H2,1H3,(H,31,35)(H,32,33,34). The second kappa shape index (κ2) is 11.6. The minimum absolute atomic E-state index is 0.144. The number of carbonyl (C=O) groups is 1. The molecular formula is C29H35N5O3. The molecule has 8 heteroatoms. The number of fused-ring (bicyclic) bond motifs is 9. The van der Waals surface area contributed by atoms with E-state index in [4.69, 9.17) is 15.2 Å². The van der Waals surface area contributed by atoms with Crippen LogP contribution in [0.15, 0.2) is 48.7 Å². The molecule has 3 aromatic rings. The Morgan fingerprint density at radius 3 is 2.76 bits per heavy atom. The fourth-order valence-electron chi connectivity index (χ4n) is 4.87. The Bertz CT molecular complexity index is 1240. The summed E-state index contributed by atoms with van der Waals surface area (Å²) in [6, 6.07) is 13.2.